The SMILES string of the molecule is O=C(CSc1nc2ccccc2o1)Nc1ccc(C(=O)N2CCc3ccccc32)cc1. The Kier molecular flexibility index (Phi) is 5.18. The van der Waals surface area contributed by atoms with E-state index >= 15 is 0 Å². The number of carbonyl (C=O) groups is 2. The van der Waals surface area contributed by atoms with Crippen molar-refractivity contribution in [3.8, 4) is 0 Å². The summed E-state index contributed by atoms with van der Waals surface area (Å²) in [7, 11) is 0. The number of aromatic nitrogens is 1. The Morgan fingerprint density at radius 2 is 1.77 bits per heavy atom. The Balaban J connectivity index is 1.19. The standard InChI is InChI=1S/C24H19N3O3S/c28-22(15-31-24-26-19-6-2-4-8-21(19)30-24)25-18-11-9-17(10-12-18)23(29)27-14-13-16-5-1-3-7-20(16)27/h1-12H,13-15H2,(H,25,28). The van der Waals surface area contributed by atoms with Gasteiger partial charge in [-0.3, -0.25) is 9.59 Å². The van der Waals surface area contributed by atoms with Crippen LogP contribution in [-0.2, 0) is 11.2 Å². The van der Waals surface area contributed by atoms with E-state index in [0.717, 1.165) is 17.6 Å². The second-order valence-electron chi connectivity index (χ2n) is 7.20. The summed E-state index contributed by atoms with van der Waals surface area (Å²) < 4.78 is 5.61. The highest BCUT2D eigenvalue weighted by Crippen LogP contribution is 2.29. The van der Waals surface area contributed by atoms with Gasteiger partial charge in [-0.05, 0) is 54.4 Å². The maximum atomic E-state index is 12.9. The van der Waals surface area contributed by atoms with Crippen molar-refractivity contribution in [2.75, 3.05) is 22.5 Å². The molecular formula is C24H19N3O3S. The van der Waals surface area contributed by atoms with Crippen LogP contribution in [0.5, 0.6) is 0 Å². The second kappa shape index (κ2) is 8.28. The molecule has 0 aliphatic carbocycles. The molecule has 1 aliphatic heterocycles. The van der Waals surface area contributed by atoms with Crippen LogP contribution in [0.15, 0.2) is 82.4 Å². The van der Waals surface area contributed by atoms with E-state index in [4.69, 9.17) is 4.42 Å². The lowest BCUT2D eigenvalue weighted by Gasteiger charge is -2.17. The van der Waals surface area contributed by atoms with Crippen LogP contribution in [0.3, 0.4) is 0 Å². The first-order valence-corrected chi connectivity index (χ1v) is 10.9. The molecule has 2 heterocycles. The Bertz CT molecular complexity index is 1230. The molecule has 0 saturated carbocycles. The van der Waals surface area contributed by atoms with Gasteiger partial charge in [0.15, 0.2) is 5.58 Å². The summed E-state index contributed by atoms with van der Waals surface area (Å²) in [6.07, 6.45) is 0.869. The number of nitrogens with zero attached hydrogens (tertiary/aromatic N) is 2. The summed E-state index contributed by atoms with van der Waals surface area (Å²) >= 11 is 1.24. The Morgan fingerprint density at radius 3 is 2.61 bits per heavy atom. The van der Waals surface area contributed by atoms with Crippen molar-refractivity contribution in [1.82, 2.24) is 4.98 Å². The van der Waals surface area contributed by atoms with E-state index in [0.29, 0.717) is 28.6 Å². The number of hydrogen-bond donors (Lipinski definition) is 1. The van der Waals surface area contributed by atoms with Crippen molar-refractivity contribution in [2.24, 2.45) is 0 Å². The molecule has 3 aromatic carbocycles. The molecule has 1 aromatic heterocycles. The molecule has 0 bridgehead atoms. The molecule has 154 valence electrons. The van der Waals surface area contributed by atoms with Gasteiger partial charge < -0.3 is 14.6 Å². The zero-order valence-corrected chi connectivity index (χ0v) is 17.4. The number of oxazole rings is 1. The predicted octanol–water partition coefficient (Wildman–Crippen LogP) is 4.76. The number of benzene rings is 3. The maximum absolute atomic E-state index is 12.9. The molecule has 31 heavy (non-hydrogen) atoms. The van der Waals surface area contributed by atoms with E-state index < -0.39 is 0 Å². The van der Waals surface area contributed by atoms with Crippen LogP contribution in [0.4, 0.5) is 11.4 Å². The first-order valence-electron chi connectivity index (χ1n) is 9.95. The second-order valence-corrected chi connectivity index (χ2v) is 8.12. The largest absolute Gasteiger partial charge is 0.431 e. The fraction of sp³-hybridized carbons (Fsp3) is 0.125. The quantitative estimate of drug-likeness (QED) is 0.463. The topological polar surface area (TPSA) is 75.4 Å². The highest BCUT2D eigenvalue weighted by atomic mass is 32.2. The first-order chi connectivity index (χ1) is 15.2. The number of thioether (sulfide) groups is 1. The van der Waals surface area contributed by atoms with Crippen LogP contribution < -0.4 is 10.2 Å². The van der Waals surface area contributed by atoms with Gasteiger partial charge in [0, 0.05) is 23.5 Å². The number of hydrogen-bond acceptors (Lipinski definition) is 5. The fourth-order valence-corrected chi connectivity index (χ4v) is 4.28. The summed E-state index contributed by atoms with van der Waals surface area (Å²) in [5.41, 5.74) is 4.87. The first kappa shape index (κ1) is 19.4. The van der Waals surface area contributed by atoms with E-state index in [1.54, 1.807) is 29.2 Å². The van der Waals surface area contributed by atoms with Gasteiger partial charge in [0.05, 0.1) is 5.75 Å². The lowest BCUT2D eigenvalue weighted by Crippen LogP contribution is -2.28. The minimum absolute atomic E-state index is 0.0330. The van der Waals surface area contributed by atoms with Crippen LogP contribution in [0.2, 0.25) is 0 Å². The average molecular weight is 430 g/mol. The normalized spacial score (nSPS) is 12.7. The van der Waals surface area contributed by atoms with E-state index in [1.165, 1.54) is 17.3 Å². The summed E-state index contributed by atoms with van der Waals surface area (Å²) in [5.74, 6) is -0.0212. The third-order valence-corrected chi connectivity index (χ3v) is 5.98. The molecule has 0 spiro atoms. The molecule has 1 aliphatic rings. The molecule has 0 fully saturated rings. The molecule has 0 unspecified atom stereocenters. The van der Waals surface area contributed by atoms with Gasteiger partial charge in [0.25, 0.3) is 11.1 Å². The van der Waals surface area contributed by atoms with Gasteiger partial charge in [-0.1, -0.05) is 42.1 Å². The number of nitrogens with one attached hydrogen (secondary N) is 1. The molecule has 0 saturated heterocycles. The predicted molar refractivity (Wildman–Crippen MR) is 122 cm³/mol. The minimum Gasteiger partial charge on any atom is -0.431 e. The Morgan fingerprint density at radius 1 is 1.00 bits per heavy atom. The molecular weight excluding hydrogens is 410 g/mol. The number of anilines is 2. The van der Waals surface area contributed by atoms with E-state index in [2.05, 4.69) is 16.4 Å². The third kappa shape index (κ3) is 4.04. The maximum Gasteiger partial charge on any atom is 0.258 e. The van der Waals surface area contributed by atoms with Crippen molar-refractivity contribution < 1.29 is 14.0 Å². The summed E-state index contributed by atoms with van der Waals surface area (Å²) in [6, 6.07) is 22.4. The molecule has 0 atom stereocenters. The van der Waals surface area contributed by atoms with Crippen LogP contribution in [0, 0.1) is 0 Å². The zero-order chi connectivity index (χ0) is 21.2. The number of carbonyl (C=O) groups excluding carboxylic acids is 2. The summed E-state index contributed by atoms with van der Waals surface area (Å²) in [6.45, 7) is 0.684. The van der Waals surface area contributed by atoms with E-state index in [1.807, 2.05) is 42.5 Å². The Labute approximate surface area is 183 Å². The lowest BCUT2D eigenvalue weighted by atomic mass is 10.1. The molecule has 0 radical (unpaired) electrons. The van der Waals surface area contributed by atoms with Gasteiger partial charge in [-0.2, -0.15) is 0 Å². The third-order valence-electron chi connectivity index (χ3n) is 5.15. The monoisotopic (exact) mass is 429 g/mol. The number of fused-ring (bicyclic) bond motifs is 2. The lowest BCUT2D eigenvalue weighted by molar-refractivity contribution is -0.113. The van der Waals surface area contributed by atoms with Crippen molar-refractivity contribution in [3.63, 3.8) is 0 Å². The average Bonchev–Trinajstić information content (AvgIpc) is 3.42. The fourth-order valence-electron chi connectivity index (χ4n) is 3.64. The van der Waals surface area contributed by atoms with Gasteiger partial charge in [-0.15, -0.1) is 0 Å². The molecule has 2 amide bonds. The molecule has 6 nitrogen and oxygen atoms in total. The smallest absolute Gasteiger partial charge is 0.258 e. The molecule has 1 N–H and O–H groups in total. The summed E-state index contributed by atoms with van der Waals surface area (Å²) in [5, 5.41) is 3.30. The highest BCUT2D eigenvalue weighted by Gasteiger charge is 2.25. The van der Waals surface area contributed by atoms with E-state index in [9.17, 15) is 9.59 Å². The molecule has 5 rings (SSSR count). The van der Waals surface area contributed by atoms with Crippen LogP contribution in [0.25, 0.3) is 11.1 Å². The highest BCUT2D eigenvalue weighted by molar-refractivity contribution is 7.99. The summed E-state index contributed by atoms with van der Waals surface area (Å²) in [4.78, 5) is 31.3. The zero-order valence-electron chi connectivity index (χ0n) is 16.6. The number of rotatable bonds is 5. The van der Waals surface area contributed by atoms with Gasteiger partial charge in [-0.25, -0.2) is 4.98 Å². The number of para-hydroxylation sites is 3. The minimum atomic E-state index is -0.167. The van der Waals surface area contributed by atoms with Crippen molar-refractivity contribution in [1.29, 1.82) is 0 Å². The molecule has 4 aromatic rings. The van der Waals surface area contributed by atoms with Crippen molar-refractivity contribution in [3.05, 3.63) is 83.9 Å². The van der Waals surface area contributed by atoms with Gasteiger partial charge >= 0.3 is 0 Å². The van der Waals surface area contributed by atoms with Gasteiger partial charge in [0.1, 0.15) is 5.52 Å². The van der Waals surface area contributed by atoms with Crippen molar-refractivity contribution in [2.45, 2.75) is 11.6 Å². The van der Waals surface area contributed by atoms with Crippen LogP contribution in [0.1, 0.15) is 15.9 Å². The van der Waals surface area contributed by atoms with Crippen LogP contribution in [-0.4, -0.2) is 29.1 Å². The van der Waals surface area contributed by atoms with Gasteiger partial charge in [0.2, 0.25) is 5.91 Å². The van der Waals surface area contributed by atoms with E-state index in [-0.39, 0.29) is 17.6 Å². The molecule has 7 heteroatoms. The Hall–Kier alpha value is -3.58. The van der Waals surface area contributed by atoms with Crippen molar-refractivity contribution >= 4 is 46.1 Å². The number of amides is 2. The van der Waals surface area contributed by atoms with Crippen LogP contribution >= 0.6 is 11.8 Å².